The second-order valence-electron chi connectivity index (χ2n) is 5.82. The van der Waals surface area contributed by atoms with Gasteiger partial charge in [-0.15, -0.1) is 0 Å². The summed E-state index contributed by atoms with van der Waals surface area (Å²) in [5.41, 5.74) is 2.07. The number of amides is 1. The molecule has 1 amide bonds. The van der Waals surface area contributed by atoms with Crippen molar-refractivity contribution < 1.29 is 13.2 Å². The van der Waals surface area contributed by atoms with Crippen molar-refractivity contribution in [2.75, 3.05) is 19.3 Å². The van der Waals surface area contributed by atoms with E-state index in [1.807, 2.05) is 30.3 Å². The maximum atomic E-state index is 12.1. The standard InChI is InChI=1S/C18H23N3O3S/c1-25(23,24)21(13-5-8-16-6-3-2-4-7-16)15-18(22)20-14-17-9-11-19-12-10-17/h2-4,6-7,9-12H,5,8,13-15H2,1H3,(H,20,22). The van der Waals surface area contributed by atoms with Gasteiger partial charge in [0.2, 0.25) is 15.9 Å². The van der Waals surface area contributed by atoms with Gasteiger partial charge < -0.3 is 5.32 Å². The summed E-state index contributed by atoms with van der Waals surface area (Å²) in [6.07, 6.45) is 5.85. The van der Waals surface area contributed by atoms with E-state index < -0.39 is 10.0 Å². The molecule has 1 aromatic carbocycles. The summed E-state index contributed by atoms with van der Waals surface area (Å²) in [4.78, 5) is 16.0. The van der Waals surface area contributed by atoms with E-state index in [0.29, 0.717) is 19.5 Å². The van der Waals surface area contributed by atoms with Crippen LogP contribution in [0.4, 0.5) is 0 Å². The average molecular weight is 361 g/mol. The van der Waals surface area contributed by atoms with Gasteiger partial charge in [0, 0.05) is 25.5 Å². The first-order chi connectivity index (χ1) is 11.9. The summed E-state index contributed by atoms with van der Waals surface area (Å²) in [6.45, 7) is 0.498. The third-order valence-electron chi connectivity index (χ3n) is 3.74. The van der Waals surface area contributed by atoms with Crippen LogP contribution < -0.4 is 5.32 Å². The minimum absolute atomic E-state index is 0.168. The zero-order chi connectivity index (χ0) is 18.1. The van der Waals surface area contributed by atoms with E-state index in [1.165, 1.54) is 4.31 Å². The maximum Gasteiger partial charge on any atom is 0.235 e. The topological polar surface area (TPSA) is 79.4 Å². The van der Waals surface area contributed by atoms with Gasteiger partial charge in [0.1, 0.15) is 0 Å². The zero-order valence-corrected chi connectivity index (χ0v) is 15.1. The molecule has 0 aliphatic carbocycles. The number of benzene rings is 1. The molecule has 0 aliphatic rings. The first-order valence-corrected chi connectivity index (χ1v) is 9.94. The molecule has 1 heterocycles. The molecule has 0 radical (unpaired) electrons. The molecule has 2 aromatic rings. The smallest absolute Gasteiger partial charge is 0.235 e. The molecule has 0 unspecified atom stereocenters. The van der Waals surface area contributed by atoms with E-state index in [-0.39, 0.29) is 12.5 Å². The first kappa shape index (κ1) is 19.1. The monoisotopic (exact) mass is 361 g/mol. The Balaban J connectivity index is 1.83. The number of hydrogen-bond donors (Lipinski definition) is 1. The number of nitrogens with zero attached hydrogens (tertiary/aromatic N) is 2. The highest BCUT2D eigenvalue weighted by Gasteiger charge is 2.19. The van der Waals surface area contributed by atoms with Crippen molar-refractivity contribution >= 4 is 15.9 Å². The van der Waals surface area contributed by atoms with Gasteiger partial charge in [-0.3, -0.25) is 9.78 Å². The third-order valence-corrected chi connectivity index (χ3v) is 4.99. The van der Waals surface area contributed by atoms with E-state index in [1.54, 1.807) is 24.5 Å². The first-order valence-electron chi connectivity index (χ1n) is 8.10. The number of carbonyl (C=O) groups is 1. The van der Waals surface area contributed by atoms with Crippen LogP contribution in [0, 0.1) is 0 Å². The molecule has 2 rings (SSSR count). The molecule has 6 nitrogen and oxygen atoms in total. The molecular formula is C18H23N3O3S. The Labute approximate surface area is 148 Å². The van der Waals surface area contributed by atoms with Crippen LogP contribution in [0.15, 0.2) is 54.9 Å². The number of aryl methyl sites for hydroxylation is 1. The lowest BCUT2D eigenvalue weighted by atomic mass is 10.1. The average Bonchev–Trinajstić information content (AvgIpc) is 2.60. The van der Waals surface area contributed by atoms with Gasteiger partial charge in [-0.05, 0) is 36.1 Å². The fourth-order valence-electron chi connectivity index (χ4n) is 2.38. The largest absolute Gasteiger partial charge is 0.351 e. The third kappa shape index (κ3) is 7.03. The Morgan fingerprint density at radius 1 is 1.08 bits per heavy atom. The van der Waals surface area contributed by atoms with Crippen LogP contribution >= 0.6 is 0 Å². The Morgan fingerprint density at radius 3 is 2.40 bits per heavy atom. The molecule has 0 spiro atoms. The van der Waals surface area contributed by atoms with Crippen LogP contribution in [-0.4, -0.2) is 43.0 Å². The van der Waals surface area contributed by atoms with Crippen LogP contribution in [0.25, 0.3) is 0 Å². The highest BCUT2D eigenvalue weighted by Crippen LogP contribution is 2.06. The summed E-state index contributed by atoms with van der Waals surface area (Å²) in [7, 11) is -3.43. The molecule has 0 bridgehead atoms. The SMILES string of the molecule is CS(=O)(=O)N(CCCc1ccccc1)CC(=O)NCc1ccncc1. The highest BCUT2D eigenvalue weighted by molar-refractivity contribution is 7.88. The van der Waals surface area contributed by atoms with Crippen molar-refractivity contribution in [1.82, 2.24) is 14.6 Å². The van der Waals surface area contributed by atoms with Crippen LogP contribution in [0.2, 0.25) is 0 Å². The van der Waals surface area contributed by atoms with Gasteiger partial charge in [0.05, 0.1) is 12.8 Å². The Kier molecular flexibility index (Phi) is 7.09. The second-order valence-corrected chi connectivity index (χ2v) is 7.80. The summed E-state index contributed by atoms with van der Waals surface area (Å²) in [5.74, 6) is -0.318. The molecule has 1 aromatic heterocycles. The van der Waals surface area contributed by atoms with Crippen LogP contribution in [0.5, 0.6) is 0 Å². The van der Waals surface area contributed by atoms with Gasteiger partial charge in [-0.1, -0.05) is 30.3 Å². The lowest BCUT2D eigenvalue weighted by Crippen LogP contribution is -2.40. The fraction of sp³-hybridized carbons (Fsp3) is 0.333. The summed E-state index contributed by atoms with van der Waals surface area (Å²) in [6, 6.07) is 13.5. The van der Waals surface area contributed by atoms with Crippen molar-refractivity contribution in [2.24, 2.45) is 0 Å². The van der Waals surface area contributed by atoms with E-state index in [9.17, 15) is 13.2 Å². The van der Waals surface area contributed by atoms with Crippen LogP contribution in [0.3, 0.4) is 0 Å². The maximum absolute atomic E-state index is 12.1. The number of sulfonamides is 1. The predicted molar refractivity (Wildman–Crippen MR) is 97.3 cm³/mol. The van der Waals surface area contributed by atoms with Crippen molar-refractivity contribution in [3.05, 3.63) is 66.0 Å². The zero-order valence-electron chi connectivity index (χ0n) is 14.3. The molecule has 0 saturated carbocycles. The van der Waals surface area contributed by atoms with Gasteiger partial charge in [0.15, 0.2) is 0 Å². The highest BCUT2D eigenvalue weighted by atomic mass is 32.2. The lowest BCUT2D eigenvalue weighted by molar-refractivity contribution is -0.121. The van der Waals surface area contributed by atoms with Gasteiger partial charge in [-0.25, -0.2) is 8.42 Å². The molecule has 1 N–H and O–H groups in total. The predicted octanol–water partition coefficient (Wildman–Crippen LogP) is 1.59. The molecule has 134 valence electrons. The van der Waals surface area contributed by atoms with Crippen molar-refractivity contribution in [2.45, 2.75) is 19.4 Å². The van der Waals surface area contributed by atoms with Crippen LogP contribution in [0.1, 0.15) is 17.5 Å². The molecule has 0 saturated heterocycles. The summed E-state index contributed by atoms with van der Waals surface area (Å²) in [5, 5.41) is 2.74. The normalized spacial score (nSPS) is 11.4. The van der Waals surface area contributed by atoms with E-state index in [4.69, 9.17) is 0 Å². The van der Waals surface area contributed by atoms with Crippen molar-refractivity contribution in [3.63, 3.8) is 0 Å². The van der Waals surface area contributed by atoms with E-state index in [2.05, 4.69) is 10.3 Å². The number of carbonyl (C=O) groups excluding carboxylic acids is 1. The van der Waals surface area contributed by atoms with E-state index >= 15 is 0 Å². The quantitative estimate of drug-likeness (QED) is 0.736. The molecule has 0 atom stereocenters. The molecule has 7 heteroatoms. The number of aromatic nitrogens is 1. The lowest BCUT2D eigenvalue weighted by Gasteiger charge is -2.19. The van der Waals surface area contributed by atoms with Crippen molar-refractivity contribution in [1.29, 1.82) is 0 Å². The van der Waals surface area contributed by atoms with Crippen LogP contribution in [-0.2, 0) is 27.8 Å². The molecule has 0 aliphatic heterocycles. The van der Waals surface area contributed by atoms with E-state index in [0.717, 1.165) is 23.8 Å². The number of nitrogens with one attached hydrogen (secondary N) is 1. The fourth-order valence-corrected chi connectivity index (χ4v) is 3.20. The molecular weight excluding hydrogens is 338 g/mol. The van der Waals surface area contributed by atoms with Gasteiger partial charge in [0.25, 0.3) is 0 Å². The van der Waals surface area contributed by atoms with Gasteiger partial charge >= 0.3 is 0 Å². The number of rotatable bonds is 9. The summed E-state index contributed by atoms with van der Waals surface area (Å²) < 4.78 is 25.1. The molecule has 0 fully saturated rings. The summed E-state index contributed by atoms with van der Waals surface area (Å²) >= 11 is 0. The Hall–Kier alpha value is -2.25. The molecule has 25 heavy (non-hydrogen) atoms. The Bertz CT molecular complexity index is 765. The minimum Gasteiger partial charge on any atom is -0.351 e. The van der Waals surface area contributed by atoms with Crippen molar-refractivity contribution in [3.8, 4) is 0 Å². The Morgan fingerprint density at radius 2 is 1.76 bits per heavy atom. The van der Waals surface area contributed by atoms with Gasteiger partial charge in [-0.2, -0.15) is 4.31 Å². The number of pyridine rings is 1. The number of hydrogen-bond acceptors (Lipinski definition) is 4. The minimum atomic E-state index is -3.43. The second kappa shape index (κ2) is 9.29.